The van der Waals surface area contributed by atoms with Gasteiger partial charge in [-0.3, -0.25) is 4.90 Å². The van der Waals surface area contributed by atoms with Gasteiger partial charge in [0.25, 0.3) is 0 Å². The minimum absolute atomic E-state index is 0.293. The molecule has 0 radical (unpaired) electrons. The van der Waals surface area contributed by atoms with Gasteiger partial charge in [0.15, 0.2) is 0 Å². The number of hydrogen-bond donors (Lipinski definition) is 0. The number of amides is 1. The van der Waals surface area contributed by atoms with Gasteiger partial charge < -0.3 is 9.47 Å². The Bertz CT molecular complexity index is 468. The van der Waals surface area contributed by atoms with Crippen molar-refractivity contribution in [3.8, 4) is 0 Å². The fourth-order valence-corrected chi connectivity index (χ4v) is 2.06. The summed E-state index contributed by atoms with van der Waals surface area (Å²) < 4.78 is 10.8. The van der Waals surface area contributed by atoms with Crippen LogP contribution >= 0.6 is 0 Å². The van der Waals surface area contributed by atoms with Gasteiger partial charge in [0.2, 0.25) is 0 Å². The van der Waals surface area contributed by atoms with Crippen molar-refractivity contribution >= 4 is 6.09 Å². The Morgan fingerprint density at radius 2 is 2.05 bits per heavy atom. The Kier molecular flexibility index (Phi) is 4.44. The second kappa shape index (κ2) is 6.27. The summed E-state index contributed by atoms with van der Waals surface area (Å²) in [6.45, 7) is 5.26. The standard InChI is InChI=1S/C15H19NO3/c1-3-18-15(17)16-10-9-14(12(16)2)19-11-13-7-5-4-6-8-13/h4-8H,3,9-11H2,1-2H3. The van der Waals surface area contributed by atoms with Crippen LogP contribution in [0, 0.1) is 0 Å². The third-order valence-corrected chi connectivity index (χ3v) is 3.11. The fourth-order valence-electron chi connectivity index (χ4n) is 2.06. The Balaban J connectivity index is 1.95. The number of rotatable bonds is 4. The summed E-state index contributed by atoms with van der Waals surface area (Å²) >= 11 is 0. The molecular weight excluding hydrogens is 242 g/mol. The Hall–Kier alpha value is -1.97. The van der Waals surface area contributed by atoms with E-state index in [0.29, 0.717) is 19.8 Å². The van der Waals surface area contributed by atoms with Gasteiger partial charge in [0.05, 0.1) is 12.3 Å². The van der Waals surface area contributed by atoms with E-state index in [-0.39, 0.29) is 6.09 Å². The van der Waals surface area contributed by atoms with E-state index < -0.39 is 0 Å². The maximum Gasteiger partial charge on any atom is 0.414 e. The van der Waals surface area contributed by atoms with E-state index in [1.807, 2.05) is 37.3 Å². The molecule has 1 aromatic carbocycles. The second-order valence-corrected chi connectivity index (χ2v) is 4.38. The minimum atomic E-state index is -0.293. The van der Waals surface area contributed by atoms with E-state index >= 15 is 0 Å². The molecule has 1 heterocycles. The number of allylic oxidation sites excluding steroid dienone is 1. The fraction of sp³-hybridized carbons (Fsp3) is 0.400. The highest BCUT2D eigenvalue weighted by Gasteiger charge is 2.26. The van der Waals surface area contributed by atoms with E-state index in [9.17, 15) is 4.79 Å². The van der Waals surface area contributed by atoms with E-state index in [4.69, 9.17) is 9.47 Å². The third kappa shape index (κ3) is 3.28. The second-order valence-electron chi connectivity index (χ2n) is 4.38. The monoisotopic (exact) mass is 261 g/mol. The molecule has 0 spiro atoms. The smallest absolute Gasteiger partial charge is 0.414 e. The van der Waals surface area contributed by atoms with Crippen molar-refractivity contribution in [2.45, 2.75) is 26.9 Å². The van der Waals surface area contributed by atoms with Gasteiger partial charge in [0, 0.05) is 13.0 Å². The number of benzene rings is 1. The molecule has 0 fully saturated rings. The Morgan fingerprint density at radius 1 is 1.32 bits per heavy atom. The zero-order valence-electron chi connectivity index (χ0n) is 11.4. The molecule has 1 aliphatic rings. The van der Waals surface area contributed by atoms with Crippen molar-refractivity contribution in [2.24, 2.45) is 0 Å². The number of hydrogen-bond acceptors (Lipinski definition) is 3. The number of nitrogens with zero attached hydrogens (tertiary/aromatic N) is 1. The zero-order chi connectivity index (χ0) is 13.7. The zero-order valence-corrected chi connectivity index (χ0v) is 11.4. The molecule has 4 heteroatoms. The Labute approximate surface area is 113 Å². The normalized spacial score (nSPS) is 14.7. The summed E-state index contributed by atoms with van der Waals surface area (Å²) in [4.78, 5) is 13.3. The summed E-state index contributed by atoms with van der Waals surface area (Å²) in [6.07, 6.45) is 0.454. The first kappa shape index (κ1) is 13.5. The predicted octanol–water partition coefficient (Wildman–Crippen LogP) is 3.30. The molecule has 0 bridgehead atoms. The molecule has 0 aromatic heterocycles. The lowest BCUT2D eigenvalue weighted by molar-refractivity contribution is 0.121. The number of carbonyl (C=O) groups is 1. The maximum atomic E-state index is 11.7. The first-order valence-electron chi connectivity index (χ1n) is 6.53. The van der Waals surface area contributed by atoms with Gasteiger partial charge in [-0.15, -0.1) is 0 Å². The molecule has 4 nitrogen and oxygen atoms in total. The van der Waals surface area contributed by atoms with Crippen LogP contribution in [0.25, 0.3) is 0 Å². The van der Waals surface area contributed by atoms with Crippen molar-refractivity contribution in [1.29, 1.82) is 0 Å². The summed E-state index contributed by atoms with van der Waals surface area (Å²) in [5.41, 5.74) is 1.98. The van der Waals surface area contributed by atoms with E-state index in [1.165, 1.54) is 0 Å². The molecule has 0 unspecified atom stereocenters. The lowest BCUT2D eigenvalue weighted by Gasteiger charge is -2.16. The van der Waals surface area contributed by atoms with Crippen molar-refractivity contribution < 1.29 is 14.3 Å². The average Bonchev–Trinajstić information content (AvgIpc) is 2.79. The number of carbonyl (C=O) groups excluding carboxylic acids is 1. The van der Waals surface area contributed by atoms with Crippen LogP contribution in [0.15, 0.2) is 41.8 Å². The van der Waals surface area contributed by atoms with E-state index in [1.54, 1.807) is 11.8 Å². The first-order chi connectivity index (χ1) is 9.22. The SMILES string of the molecule is CCOC(=O)N1CCC(OCc2ccccc2)=C1C. The molecule has 102 valence electrons. The van der Waals surface area contributed by atoms with Crippen LogP contribution in [0.4, 0.5) is 4.79 Å². The lowest BCUT2D eigenvalue weighted by Crippen LogP contribution is -2.27. The van der Waals surface area contributed by atoms with Crippen LogP contribution in [0.5, 0.6) is 0 Å². The molecular formula is C15H19NO3. The quantitative estimate of drug-likeness (QED) is 0.834. The van der Waals surface area contributed by atoms with E-state index in [2.05, 4.69) is 0 Å². The van der Waals surface area contributed by atoms with Gasteiger partial charge in [-0.1, -0.05) is 30.3 Å². The van der Waals surface area contributed by atoms with Crippen molar-refractivity contribution in [3.63, 3.8) is 0 Å². The summed E-state index contributed by atoms with van der Waals surface area (Å²) in [5.74, 6) is 0.872. The number of ether oxygens (including phenoxy) is 2. The largest absolute Gasteiger partial charge is 0.491 e. The molecule has 19 heavy (non-hydrogen) atoms. The van der Waals surface area contributed by atoms with Crippen LogP contribution in [0.3, 0.4) is 0 Å². The molecule has 0 saturated carbocycles. The highest BCUT2D eigenvalue weighted by molar-refractivity contribution is 5.70. The minimum Gasteiger partial charge on any atom is -0.491 e. The van der Waals surface area contributed by atoms with Gasteiger partial charge in [-0.05, 0) is 19.4 Å². The molecule has 0 aliphatic carbocycles. The van der Waals surface area contributed by atoms with Gasteiger partial charge in [0.1, 0.15) is 12.4 Å². The summed E-state index contributed by atoms with van der Waals surface area (Å²) in [7, 11) is 0. The highest BCUT2D eigenvalue weighted by Crippen LogP contribution is 2.25. The highest BCUT2D eigenvalue weighted by atomic mass is 16.6. The first-order valence-corrected chi connectivity index (χ1v) is 6.53. The molecule has 0 saturated heterocycles. The molecule has 1 amide bonds. The van der Waals surface area contributed by atoms with Crippen molar-refractivity contribution in [3.05, 3.63) is 47.4 Å². The van der Waals surface area contributed by atoms with Gasteiger partial charge in [-0.2, -0.15) is 0 Å². The van der Waals surface area contributed by atoms with Gasteiger partial charge >= 0.3 is 6.09 Å². The van der Waals surface area contributed by atoms with Crippen LogP contribution in [-0.4, -0.2) is 24.1 Å². The van der Waals surface area contributed by atoms with Crippen molar-refractivity contribution in [1.82, 2.24) is 4.90 Å². The van der Waals surface area contributed by atoms with Gasteiger partial charge in [-0.25, -0.2) is 4.79 Å². The molecule has 2 rings (SSSR count). The molecule has 1 aromatic rings. The lowest BCUT2D eigenvalue weighted by atomic mass is 10.2. The Morgan fingerprint density at radius 3 is 2.74 bits per heavy atom. The maximum absolute atomic E-state index is 11.7. The summed E-state index contributed by atoms with van der Waals surface area (Å²) in [5, 5.41) is 0. The van der Waals surface area contributed by atoms with Crippen LogP contribution < -0.4 is 0 Å². The van der Waals surface area contributed by atoms with Crippen LogP contribution in [0.2, 0.25) is 0 Å². The predicted molar refractivity (Wildman–Crippen MR) is 72.3 cm³/mol. The van der Waals surface area contributed by atoms with Crippen molar-refractivity contribution in [2.75, 3.05) is 13.2 Å². The topological polar surface area (TPSA) is 38.8 Å². The third-order valence-electron chi connectivity index (χ3n) is 3.11. The molecule has 0 atom stereocenters. The van der Waals surface area contributed by atoms with Crippen LogP contribution in [0.1, 0.15) is 25.8 Å². The van der Waals surface area contributed by atoms with Crippen LogP contribution in [-0.2, 0) is 16.1 Å². The summed E-state index contributed by atoms with van der Waals surface area (Å²) in [6, 6.07) is 9.99. The average molecular weight is 261 g/mol. The van der Waals surface area contributed by atoms with E-state index in [0.717, 1.165) is 23.4 Å². The molecule has 0 N–H and O–H groups in total. The molecule has 1 aliphatic heterocycles.